The van der Waals surface area contributed by atoms with E-state index >= 15 is 0 Å². The number of likely N-dealkylation sites (N-methyl/N-ethyl adjacent to an activating group) is 1. The van der Waals surface area contributed by atoms with Crippen LogP contribution in [0, 0.1) is 11.6 Å². The summed E-state index contributed by atoms with van der Waals surface area (Å²) in [6.07, 6.45) is 1.10. The third-order valence-electron chi connectivity index (χ3n) is 3.09. The Morgan fingerprint density at radius 3 is 2.38 bits per heavy atom. The van der Waals surface area contributed by atoms with Gasteiger partial charge in [0.15, 0.2) is 0 Å². The molecule has 0 saturated heterocycles. The van der Waals surface area contributed by atoms with Crippen molar-refractivity contribution in [3.63, 3.8) is 0 Å². The summed E-state index contributed by atoms with van der Waals surface area (Å²) in [5.41, 5.74) is 0.621. The molecular weight excluding hydrogens is 274 g/mol. The highest BCUT2D eigenvalue weighted by molar-refractivity contribution is 5.50. The Hall–Kier alpha value is -1.20. The zero-order valence-electron chi connectivity index (χ0n) is 13.4. The van der Waals surface area contributed by atoms with Gasteiger partial charge >= 0.3 is 0 Å². The number of nitrogens with one attached hydrogen (secondary N) is 1. The highest BCUT2D eigenvalue weighted by Gasteiger charge is 2.15. The second-order valence-corrected chi connectivity index (χ2v) is 5.43. The predicted molar refractivity (Wildman–Crippen MR) is 82.7 cm³/mol. The highest BCUT2D eigenvalue weighted by Crippen LogP contribution is 2.24. The van der Waals surface area contributed by atoms with Crippen molar-refractivity contribution in [3.05, 3.63) is 29.3 Å². The van der Waals surface area contributed by atoms with Gasteiger partial charge in [-0.25, -0.2) is 8.78 Å². The van der Waals surface area contributed by atoms with Crippen molar-refractivity contribution in [2.75, 3.05) is 31.6 Å². The molecular formula is C16H26F2N2O. The third kappa shape index (κ3) is 5.98. The van der Waals surface area contributed by atoms with E-state index in [2.05, 4.69) is 5.32 Å². The summed E-state index contributed by atoms with van der Waals surface area (Å²) in [6, 6.07) is 2.78. The van der Waals surface area contributed by atoms with Crippen LogP contribution in [0.1, 0.15) is 32.8 Å². The summed E-state index contributed by atoms with van der Waals surface area (Å²) in [4.78, 5) is 1.55. The molecule has 0 bridgehead atoms. The van der Waals surface area contributed by atoms with Gasteiger partial charge in [0.1, 0.15) is 17.3 Å². The van der Waals surface area contributed by atoms with Crippen molar-refractivity contribution in [2.45, 2.75) is 39.8 Å². The number of nitrogens with zero attached hydrogens (tertiary/aromatic N) is 1. The van der Waals surface area contributed by atoms with Gasteiger partial charge in [0.25, 0.3) is 0 Å². The summed E-state index contributed by atoms with van der Waals surface area (Å²) < 4.78 is 33.6. The van der Waals surface area contributed by atoms with Crippen molar-refractivity contribution in [3.8, 4) is 0 Å². The first kappa shape index (κ1) is 17.9. The van der Waals surface area contributed by atoms with Crippen molar-refractivity contribution in [1.82, 2.24) is 5.32 Å². The zero-order valence-corrected chi connectivity index (χ0v) is 13.4. The molecule has 0 aliphatic carbocycles. The number of halogens is 2. The Morgan fingerprint density at radius 2 is 1.86 bits per heavy atom. The molecule has 0 aliphatic heterocycles. The highest BCUT2D eigenvalue weighted by atomic mass is 19.1. The summed E-state index contributed by atoms with van der Waals surface area (Å²) in [7, 11) is 1.67. The number of anilines is 1. The summed E-state index contributed by atoms with van der Waals surface area (Å²) in [5, 5.41) is 3.13. The van der Waals surface area contributed by atoms with E-state index in [4.69, 9.17) is 4.74 Å². The Morgan fingerprint density at radius 1 is 1.24 bits per heavy atom. The number of hydrogen-bond acceptors (Lipinski definition) is 3. The molecule has 5 heteroatoms. The fraction of sp³-hybridized carbons (Fsp3) is 0.625. The Kier molecular flexibility index (Phi) is 7.61. The molecule has 0 aromatic heterocycles. The van der Waals surface area contributed by atoms with E-state index < -0.39 is 11.6 Å². The van der Waals surface area contributed by atoms with Gasteiger partial charge in [-0.15, -0.1) is 0 Å². The van der Waals surface area contributed by atoms with Gasteiger partial charge in [-0.05, 0) is 44.5 Å². The van der Waals surface area contributed by atoms with E-state index in [1.54, 1.807) is 11.9 Å². The number of rotatable bonds is 9. The lowest BCUT2D eigenvalue weighted by Crippen LogP contribution is -2.26. The molecule has 1 aromatic rings. The maximum atomic E-state index is 14.1. The molecule has 1 rings (SSSR count). The third-order valence-corrected chi connectivity index (χ3v) is 3.09. The van der Waals surface area contributed by atoms with Crippen molar-refractivity contribution >= 4 is 5.69 Å². The van der Waals surface area contributed by atoms with Crippen LogP contribution in [-0.2, 0) is 11.3 Å². The molecule has 3 nitrogen and oxygen atoms in total. The molecule has 0 heterocycles. The molecule has 0 saturated carbocycles. The Balaban J connectivity index is 2.69. The summed E-state index contributed by atoms with van der Waals surface area (Å²) in [5.74, 6) is -1.06. The van der Waals surface area contributed by atoms with Crippen LogP contribution in [0.4, 0.5) is 14.5 Å². The van der Waals surface area contributed by atoms with Crippen LogP contribution in [0.3, 0.4) is 0 Å². The van der Waals surface area contributed by atoms with E-state index in [9.17, 15) is 8.78 Å². The quantitative estimate of drug-likeness (QED) is 0.708. The van der Waals surface area contributed by atoms with E-state index in [1.165, 1.54) is 12.1 Å². The first-order valence-corrected chi connectivity index (χ1v) is 7.47. The van der Waals surface area contributed by atoms with E-state index in [0.717, 1.165) is 13.0 Å². The average molecular weight is 300 g/mol. The van der Waals surface area contributed by atoms with E-state index in [1.807, 2.05) is 20.8 Å². The first-order chi connectivity index (χ1) is 9.95. The van der Waals surface area contributed by atoms with Gasteiger partial charge < -0.3 is 15.0 Å². The molecule has 0 atom stereocenters. The van der Waals surface area contributed by atoms with Crippen molar-refractivity contribution in [2.24, 2.45) is 0 Å². The average Bonchev–Trinajstić information content (AvgIpc) is 2.37. The second kappa shape index (κ2) is 8.95. The van der Waals surface area contributed by atoms with Gasteiger partial charge in [-0.2, -0.15) is 0 Å². The molecule has 0 fully saturated rings. The molecule has 21 heavy (non-hydrogen) atoms. The minimum absolute atomic E-state index is 0.00148. The monoisotopic (exact) mass is 300 g/mol. The molecule has 120 valence electrons. The SMILES string of the molecule is CCCNCc1cc(F)c(N(C)CCOC(C)C)c(F)c1. The molecule has 0 spiro atoms. The van der Waals surface area contributed by atoms with Gasteiger partial charge in [0, 0.05) is 20.1 Å². The van der Waals surface area contributed by atoms with Crippen LogP contribution < -0.4 is 10.2 Å². The summed E-state index contributed by atoms with van der Waals surface area (Å²) in [6.45, 7) is 8.09. The van der Waals surface area contributed by atoms with Gasteiger partial charge in [0.05, 0.1) is 12.7 Å². The Bertz CT molecular complexity index is 415. The lowest BCUT2D eigenvalue weighted by molar-refractivity contribution is 0.0845. The number of hydrogen-bond donors (Lipinski definition) is 1. The van der Waals surface area contributed by atoms with Crippen LogP contribution in [0.25, 0.3) is 0 Å². The second-order valence-electron chi connectivity index (χ2n) is 5.43. The van der Waals surface area contributed by atoms with Crippen molar-refractivity contribution < 1.29 is 13.5 Å². The van der Waals surface area contributed by atoms with Gasteiger partial charge in [-0.3, -0.25) is 0 Å². The molecule has 1 aromatic carbocycles. The smallest absolute Gasteiger partial charge is 0.149 e. The number of benzene rings is 1. The predicted octanol–water partition coefficient (Wildman–Crippen LogP) is 3.33. The summed E-state index contributed by atoms with van der Waals surface area (Å²) >= 11 is 0. The molecule has 0 unspecified atom stereocenters. The fourth-order valence-corrected chi connectivity index (χ4v) is 2.03. The minimum Gasteiger partial charge on any atom is -0.377 e. The van der Waals surface area contributed by atoms with Crippen LogP contribution >= 0.6 is 0 Å². The largest absolute Gasteiger partial charge is 0.377 e. The lowest BCUT2D eigenvalue weighted by Gasteiger charge is -2.21. The van der Waals surface area contributed by atoms with Crippen LogP contribution in [-0.4, -0.2) is 32.8 Å². The molecule has 0 aliphatic rings. The standard InChI is InChI=1S/C16H26F2N2O/c1-5-6-19-11-13-9-14(17)16(15(18)10-13)20(4)7-8-21-12(2)3/h9-10,12,19H,5-8,11H2,1-4H3. The lowest BCUT2D eigenvalue weighted by atomic mass is 10.1. The van der Waals surface area contributed by atoms with Crippen LogP contribution in [0.5, 0.6) is 0 Å². The molecule has 0 amide bonds. The normalized spacial score (nSPS) is 11.2. The Labute approximate surface area is 126 Å². The van der Waals surface area contributed by atoms with Crippen LogP contribution in [0.15, 0.2) is 12.1 Å². The minimum atomic E-state index is -0.532. The van der Waals surface area contributed by atoms with Gasteiger partial charge in [0.2, 0.25) is 0 Å². The van der Waals surface area contributed by atoms with E-state index in [0.29, 0.717) is 25.3 Å². The zero-order chi connectivity index (χ0) is 15.8. The fourth-order valence-electron chi connectivity index (χ4n) is 2.03. The van der Waals surface area contributed by atoms with Crippen LogP contribution in [0.2, 0.25) is 0 Å². The van der Waals surface area contributed by atoms with Crippen molar-refractivity contribution in [1.29, 1.82) is 0 Å². The molecule has 0 radical (unpaired) electrons. The number of ether oxygens (including phenoxy) is 1. The first-order valence-electron chi connectivity index (χ1n) is 7.47. The molecule has 1 N–H and O–H groups in total. The van der Waals surface area contributed by atoms with Gasteiger partial charge in [-0.1, -0.05) is 6.92 Å². The topological polar surface area (TPSA) is 24.5 Å². The maximum absolute atomic E-state index is 14.1. The van der Waals surface area contributed by atoms with E-state index in [-0.39, 0.29) is 11.8 Å². The maximum Gasteiger partial charge on any atom is 0.149 e.